The molecule has 2 aliphatic heterocycles. The van der Waals surface area contributed by atoms with E-state index in [-0.39, 0.29) is 12.1 Å². The minimum absolute atomic E-state index is 0.0298. The number of likely N-dealkylation sites (N-methyl/N-ethyl adjacent to an activating group) is 3. The van der Waals surface area contributed by atoms with Crippen molar-refractivity contribution in [3.63, 3.8) is 0 Å². The van der Waals surface area contributed by atoms with Crippen LogP contribution in [0.15, 0.2) is 35.7 Å². The highest BCUT2D eigenvalue weighted by Gasteiger charge is 2.47. The lowest BCUT2D eigenvalue weighted by Crippen LogP contribution is -2.56. The molecule has 3 heterocycles. The molecule has 1 saturated heterocycles. The van der Waals surface area contributed by atoms with E-state index in [2.05, 4.69) is 34.5 Å². The maximum atomic E-state index is 5.85. The summed E-state index contributed by atoms with van der Waals surface area (Å²) in [6.45, 7) is 14.4. The molecule has 0 spiro atoms. The Kier molecular flexibility index (Phi) is 2.51. The molecule has 0 aliphatic carbocycles. The summed E-state index contributed by atoms with van der Waals surface area (Å²) in [5.41, 5.74) is 2.67. The first-order valence-electron chi connectivity index (χ1n) is 6.58. The van der Waals surface area contributed by atoms with E-state index in [0.29, 0.717) is 5.89 Å². The number of hydrogen-bond acceptors (Lipinski definition) is 5. The summed E-state index contributed by atoms with van der Waals surface area (Å²) >= 11 is 0. The van der Waals surface area contributed by atoms with Gasteiger partial charge in [0.15, 0.2) is 5.89 Å². The molecule has 0 radical (unpaired) electrons. The third-order valence-corrected chi connectivity index (χ3v) is 4.42. The van der Waals surface area contributed by atoms with Crippen molar-refractivity contribution in [3.05, 3.63) is 48.6 Å². The molecule has 5 nitrogen and oxygen atoms in total. The van der Waals surface area contributed by atoms with Crippen LogP contribution in [0, 0.1) is 6.92 Å². The lowest BCUT2D eigenvalue weighted by molar-refractivity contribution is 0.0644. The highest BCUT2D eigenvalue weighted by molar-refractivity contribution is 5.64. The molecule has 3 rings (SSSR count). The number of fused-ring (bicyclic) bond motifs is 3. The summed E-state index contributed by atoms with van der Waals surface area (Å²) in [6, 6.07) is 0. The van der Waals surface area contributed by atoms with Crippen LogP contribution in [-0.4, -0.2) is 47.0 Å². The van der Waals surface area contributed by atoms with Crippen molar-refractivity contribution in [2.75, 3.05) is 21.1 Å². The summed E-state index contributed by atoms with van der Waals surface area (Å²) in [5.74, 6) is 2.46. The molecule has 2 atom stereocenters. The van der Waals surface area contributed by atoms with Gasteiger partial charge in [0.1, 0.15) is 23.4 Å². The first-order valence-corrected chi connectivity index (χ1v) is 6.58. The van der Waals surface area contributed by atoms with Gasteiger partial charge in [0.05, 0.1) is 11.6 Å². The number of aryl methyl sites for hydroxylation is 1. The van der Waals surface area contributed by atoms with Crippen LogP contribution in [-0.2, 0) is 0 Å². The van der Waals surface area contributed by atoms with Crippen molar-refractivity contribution in [1.82, 2.24) is 19.7 Å². The zero-order chi connectivity index (χ0) is 14.8. The summed E-state index contributed by atoms with van der Waals surface area (Å²) < 4.78 is 5.85. The average molecular weight is 272 g/mol. The van der Waals surface area contributed by atoms with Crippen LogP contribution in [0.25, 0.3) is 5.70 Å². The maximum absolute atomic E-state index is 5.85. The second-order valence-corrected chi connectivity index (χ2v) is 5.47. The van der Waals surface area contributed by atoms with Gasteiger partial charge < -0.3 is 19.1 Å². The van der Waals surface area contributed by atoms with E-state index in [1.165, 1.54) is 0 Å². The van der Waals surface area contributed by atoms with Gasteiger partial charge in [-0.2, -0.15) is 0 Å². The van der Waals surface area contributed by atoms with Gasteiger partial charge in [0, 0.05) is 33.8 Å². The van der Waals surface area contributed by atoms with Gasteiger partial charge in [0.25, 0.3) is 0 Å². The predicted molar refractivity (Wildman–Crippen MR) is 78.4 cm³/mol. The van der Waals surface area contributed by atoms with E-state index in [4.69, 9.17) is 4.42 Å². The Bertz CT molecular complexity index is 630. The Hall–Kier alpha value is -2.17. The molecule has 2 aliphatic rings. The van der Waals surface area contributed by atoms with E-state index in [1.807, 2.05) is 33.0 Å². The molecule has 5 heteroatoms. The second kappa shape index (κ2) is 3.91. The SMILES string of the molecule is C=C1C2c3oc(C)nc3C(=C)N(C)C2N(C)C(=C)N1C. The molecule has 1 aromatic heterocycles. The predicted octanol–water partition coefficient (Wildman–Crippen LogP) is 2.17. The van der Waals surface area contributed by atoms with Gasteiger partial charge in [-0.3, -0.25) is 0 Å². The van der Waals surface area contributed by atoms with E-state index in [9.17, 15) is 0 Å². The number of nitrogens with zero attached hydrogens (tertiary/aromatic N) is 4. The number of oxazole rings is 1. The van der Waals surface area contributed by atoms with Crippen molar-refractivity contribution in [2.45, 2.75) is 19.0 Å². The van der Waals surface area contributed by atoms with Gasteiger partial charge in [-0.15, -0.1) is 0 Å². The van der Waals surface area contributed by atoms with Crippen LogP contribution in [0.3, 0.4) is 0 Å². The highest BCUT2D eigenvalue weighted by Crippen LogP contribution is 2.47. The summed E-state index contributed by atoms with van der Waals surface area (Å²) in [6.07, 6.45) is 0.0681. The highest BCUT2D eigenvalue weighted by atomic mass is 16.4. The Balaban J connectivity index is 2.21. The Morgan fingerprint density at radius 3 is 2.40 bits per heavy atom. The minimum Gasteiger partial charge on any atom is -0.444 e. The lowest BCUT2D eigenvalue weighted by atomic mass is 9.88. The summed E-state index contributed by atoms with van der Waals surface area (Å²) in [7, 11) is 6.03. The molecule has 1 aromatic rings. The van der Waals surface area contributed by atoms with E-state index in [1.54, 1.807) is 0 Å². The molecule has 0 saturated carbocycles. The molecule has 2 unspecified atom stereocenters. The van der Waals surface area contributed by atoms with Crippen molar-refractivity contribution in [3.8, 4) is 0 Å². The van der Waals surface area contributed by atoms with Crippen molar-refractivity contribution in [1.29, 1.82) is 0 Å². The van der Waals surface area contributed by atoms with Crippen LogP contribution >= 0.6 is 0 Å². The number of hydrogen-bond donors (Lipinski definition) is 0. The van der Waals surface area contributed by atoms with Gasteiger partial charge in [-0.1, -0.05) is 19.7 Å². The standard InChI is InChI=1S/C15H20N4O/c1-8-12-14-13(16-10(3)20-14)9(2)18(6)15(12)19(7)11(4)17(8)5/h12,15H,1-2,4H2,3,5-7H3. The van der Waals surface area contributed by atoms with E-state index < -0.39 is 0 Å². The fourth-order valence-electron chi connectivity index (χ4n) is 3.12. The third kappa shape index (κ3) is 1.40. The van der Waals surface area contributed by atoms with Crippen molar-refractivity contribution < 1.29 is 4.42 Å². The lowest BCUT2D eigenvalue weighted by Gasteiger charge is -2.52. The Labute approximate surface area is 119 Å². The van der Waals surface area contributed by atoms with Crippen LogP contribution in [0.4, 0.5) is 0 Å². The van der Waals surface area contributed by atoms with E-state index >= 15 is 0 Å². The maximum Gasteiger partial charge on any atom is 0.191 e. The molecule has 1 fully saturated rings. The van der Waals surface area contributed by atoms with Gasteiger partial charge in [-0.05, 0) is 0 Å². The molecular formula is C15H20N4O. The van der Waals surface area contributed by atoms with E-state index in [0.717, 1.165) is 28.7 Å². The van der Waals surface area contributed by atoms with Crippen LogP contribution in [0.5, 0.6) is 0 Å². The zero-order valence-electron chi connectivity index (χ0n) is 12.5. The van der Waals surface area contributed by atoms with Gasteiger partial charge >= 0.3 is 0 Å². The average Bonchev–Trinajstić information content (AvgIpc) is 2.79. The normalized spacial score (nSPS) is 26.0. The molecule has 0 N–H and O–H groups in total. The number of rotatable bonds is 0. The smallest absolute Gasteiger partial charge is 0.191 e. The van der Waals surface area contributed by atoms with Gasteiger partial charge in [0.2, 0.25) is 0 Å². The van der Waals surface area contributed by atoms with Crippen molar-refractivity contribution in [2.24, 2.45) is 0 Å². The fourth-order valence-corrected chi connectivity index (χ4v) is 3.12. The minimum atomic E-state index is 0.0298. The topological polar surface area (TPSA) is 35.8 Å². The monoisotopic (exact) mass is 272 g/mol. The fraction of sp³-hybridized carbons (Fsp3) is 0.400. The molecule has 106 valence electrons. The first kappa shape index (κ1) is 12.8. The number of aromatic nitrogens is 1. The van der Waals surface area contributed by atoms with Crippen LogP contribution in [0.1, 0.15) is 23.3 Å². The zero-order valence-corrected chi connectivity index (χ0v) is 12.5. The van der Waals surface area contributed by atoms with Gasteiger partial charge in [-0.25, -0.2) is 4.98 Å². The molecule has 0 amide bonds. The first-order chi connectivity index (χ1) is 9.34. The van der Waals surface area contributed by atoms with Crippen molar-refractivity contribution >= 4 is 5.70 Å². The second-order valence-electron chi connectivity index (χ2n) is 5.47. The summed E-state index contributed by atoms with van der Waals surface area (Å²) in [5, 5.41) is 0. The third-order valence-electron chi connectivity index (χ3n) is 4.42. The quantitative estimate of drug-likeness (QED) is 0.723. The Morgan fingerprint density at radius 2 is 1.75 bits per heavy atom. The molecular weight excluding hydrogens is 252 g/mol. The summed E-state index contributed by atoms with van der Waals surface area (Å²) in [4.78, 5) is 10.7. The Morgan fingerprint density at radius 1 is 1.10 bits per heavy atom. The largest absolute Gasteiger partial charge is 0.444 e. The van der Waals surface area contributed by atoms with Crippen LogP contribution in [0.2, 0.25) is 0 Å². The molecule has 0 aromatic carbocycles. The molecule has 0 bridgehead atoms. The molecule has 20 heavy (non-hydrogen) atoms. The van der Waals surface area contributed by atoms with Crippen LogP contribution < -0.4 is 0 Å².